The van der Waals surface area contributed by atoms with Crippen LogP contribution in [0.1, 0.15) is 6.92 Å². The molecule has 0 saturated heterocycles. The molecule has 0 aliphatic carbocycles. The third-order valence-electron chi connectivity index (χ3n) is 2.91. The van der Waals surface area contributed by atoms with E-state index in [0.29, 0.717) is 11.6 Å². The Morgan fingerprint density at radius 2 is 1.91 bits per heavy atom. The maximum Gasteiger partial charge on any atom is 0.246 e. The first-order valence-electron chi connectivity index (χ1n) is 6.52. The summed E-state index contributed by atoms with van der Waals surface area (Å²) in [6, 6.07) is 5.95. The summed E-state index contributed by atoms with van der Waals surface area (Å²) in [6.07, 6.45) is 1.53. The fraction of sp³-hybridized carbons (Fsp3) is 0.200. The van der Waals surface area contributed by atoms with Crippen molar-refractivity contribution in [2.45, 2.75) is 13.0 Å². The van der Waals surface area contributed by atoms with Crippen LogP contribution in [0.5, 0.6) is 5.88 Å². The number of rotatable bonds is 5. The summed E-state index contributed by atoms with van der Waals surface area (Å²) < 4.78 is 30.9. The Labute approximate surface area is 126 Å². The number of pyridine rings is 1. The minimum atomic E-state index is -1.02. The standard InChI is InChI=1S/C15H15F2N3O2/c1-9(19-11-4-6-14(22-2)18-8-11)15(21)20-10-3-5-12(16)13(17)7-10/h3-9,19H,1-2H3,(H,20,21). The third kappa shape index (κ3) is 3.91. The van der Waals surface area contributed by atoms with Crippen molar-refractivity contribution in [1.29, 1.82) is 0 Å². The van der Waals surface area contributed by atoms with Crippen molar-refractivity contribution < 1.29 is 18.3 Å². The number of carbonyl (C=O) groups excluding carboxylic acids is 1. The molecule has 2 aromatic rings. The number of aromatic nitrogens is 1. The molecule has 1 amide bonds. The number of hydrogen-bond donors (Lipinski definition) is 2. The van der Waals surface area contributed by atoms with E-state index in [0.717, 1.165) is 12.1 Å². The van der Waals surface area contributed by atoms with Crippen molar-refractivity contribution >= 4 is 17.3 Å². The van der Waals surface area contributed by atoms with Gasteiger partial charge in [-0.1, -0.05) is 0 Å². The van der Waals surface area contributed by atoms with Crippen molar-refractivity contribution in [3.8, 4) is 5.88 Å². The number of benzene rings is 1. The molecule has 0 aliphatic heterocycles. The zero-order valence-electron chi connectivity index (χ0n) is 12.1. The number of methoxy groups -OCH3 is 1. The molecule has 0 saturated carbocycles. The lowest BCUT2D eigenvalue weighted by atomic mass is 10.2. The highest BCUT2D eigenvalue weighted by atomic mass is 19.2. The maximum atomic E-state index is 13.1. The molecule has 1 aromatic carbocycles. The summed E-state index contributed by atoms with van der Waals surface area (Å²) in [7, 11) is 1.51. The summed E-state index contributed by atoms with van der Waals surface area (Å²) in [5.74, 6) is -1.91. The molecule has 1 atom stereocenters. The van der Waals surface area contributed by atoms with E-state index in [-0.39, 0.29) is 11.6 Å². The average Bonchev–Trinajstić information content (AvgIpc) is 2.51. The summed E-state index contributed by atoms with van der Waals surface area (Å²) in [6.45, 7) is 1.64. The van der Waals surface area contributed by atoms with Crippen LogP contribution in [0.4, 0.5) is 20.2 Å². The summed E-state index contributed by atoms with van der Waals surface area (Å²) >= 11 is 0. The van der Waals surface area contributed by atoms with E-state index < -0.39 is 17.7 Å². The van der Waals surface area contributed by atoms with E-state index in [2.05, 4.69) is 15.6 Å². The topological polar surface area (TPSA) is 63.2 Å². The van der Waals surface area contributed by atoms with Crippen LogP contribution in [0.2, 0.25) is 0 Å². The molecule has 5 nitrogen and oxygen atoms in total. The van der Waals surface area contributed by atoms with Crippen LogP contribution in [0.25, 0.3) is 0 Å². The summed E-state index contributed by atoms with van der Waals surface area (Å²) in [4.78, 5) is 16.0. The summed E-state index contributed by atoms with van der Waals surface area (Å²) in [5.41, 5.74) is 0.819. The molecule has 1 aromatic heterocycles. The number of hydrogen-bond acceptors (Lipinski definition) is 4. The van der Waals surface area contributed by atoms with E-state index in [4.69, 9.17) is 4.74 Å². The molecule has 0 fully saturated rings. The average molecular weight is 307 g/mol. The minimum absolute atomic E-state index is 0.186. The first-order valence-corrected chi connectivity index (χ1v) is 6.52. The molecule has 2 rings (SSSR count). The van der Waals surface area contributed by atoms with Crippen molar-refractivity contribution in [2.75, 3.05) is 17.7 Å². The Hall–Kier alpha value is -2.70. The van der Waals surface area contributed by atoms with Crippen molar-refractivity contribution in [2.24, 2.45) is 0 Å². The van der Waals surface area contributed by atoms with Gasteiger partial charge in [0.05, 0.1) is 19.0 Å². The van der Waals surface area contributed by atoms with Gasteiger partial charge in [-0.2, -0.15) is 0 Å². The van der Waals surface area contributed by atoms with Crippen LogP contribution in [0.15, 0.2) is 36.5 Å². The largest absolute Gasteiger partial charge is 0.481 e. The zero-order valence-corrected chi connectivity index (χ0v) is 12.1. The molecule has 0 radical (unpaired) electrons. The summed E-state index contributed by atoms with van der Waals surface area (Å²) in [5, 5.41) is 5.44. The number of nitrogens with zero attached hydrogens (tertiary/aromatic N) is 1. The van der Waals surface area contributed by atoms with Gasteiger partial charge in [-0.05, 0) is 25.1 Å². The number of amides is 1. The second-order valence-corrected chi connectivity index (χ2v) is 4.57. The Morgan fingerprint density at radius 1 is 1.18 bits per heavy atom. The van der Waals surface area contributed by atoms with Crippen molar-refractivity contribution in [3.05, 3.63) is 48.2 Å². The molecule has 22 heavy (non-hydrogen) atoms. The van der Waals surface area contributed by atoms with E-state index in [1.54, 1.807) is 19.1 Å². The molecule has 7 heteroatoms. The van der Waals surface area contributed by atoms with E-state index in [1.165, 1.54) is 19.4 Å². The number of nitrogens with one attached hydrogen (secondary N) is 2. The third-order valence-corrected chi connectivity index (χ3v) is 2.91. The second-order valence-electron chi connectivity index (χ2n) is 4.57. The van der Waals surface area contributed by atoms with Gasteiger partial charge in [-0.3, -0.25) is 4.79 Å². The highest BCUT2D eigenvalue weighted by Crippen LogP contribution is 2.15. The van der Waals surface area contributed by atoms with Gasteiger partial charge in [0.25, 0.3) is 0 Å². The highest BCUT2D eigenvalue weighted by molar-refractivity contribution is 5.96. The highest BCUT2D eigenvalue weighted by Gasteiger charge is 2.14. The van der Waals surface area contributed by atoms with Crippen LogP contribution in [0, 0.1) is 11.6 Å². The number of ether oxygens (including phenoxy) is 1. The molecule has 1 unspecified atom stereocenters. The zero-order chi connectivity index (χ0) is 16.1. The minimum Gasteiger partial charge on any atom is -0.481 e. The first kappa shape index (κ1) is 15.7. The smallest absolute Gasteiger partial charge is 0.246 e. The van der Waals surface area contributed by atoms with Gasteiger partial charge < -0.3 is 15.4 Å². The van der Waals surface area contributed by atoms with Gasteiger partial charge in [0.15, 0.2) is 11.6 Å². The molecule has 0 aliphatic rings. The Balaban J connectivity index is 1.97. The Bertz CT molecular complexity index is 662. The van der Waals surface area contributed by atoms with Crippen molar-refractivity contribution in [1.82, 2.24) is 4.98 Å². The number of anilines is 2. The quantitative estimate of drug-likeness (QED) is 0.891. The van der Waals surface area contributed by atoms with Gasteiger partial charge in [0.2, 0.25) is 11.8 Å². The van der Waals surface area contributed by atoms with Crippen LogP contribution in [-0.2, 0) is 4.79 Å². The normalized spacial score (nSPS) is 11.6. The molecular formula is C15H15F2N3O2. The Kier molecular flexibility index (Phi) is 4.88. The number of carbonyl (C=O) groups is 1. The van der Waals surface area contributed by atoms with Gasteiger partial charge in [0, 0.05) is 17.8 Å². The molecule has 116 valence electrons. The fourth-order valence-electron chi connectivity index (χ4n) is 1.73. The second kappa shape index (κ2) is 6.84. The van der Waals surface area contributed by atoms with Crippen LogP contribution >= 0.6 is 0 Å². The van der Waals surface area contributed by atoms with Crippen LogP contribution < -0.4 is 15.4 Å². The SMILES string of the molecule is COc1ccc(NC(C)C(=O)Nc2ccc(F)c(F)c2)cn1. The molecule has 1 heterocycles. The van der Waals surface area contributed by atoms with Gasteiger partial charge in [-0.25, -0.2) is 13.8 Å². The van der Waals surface area contributed by atoms with Crippen molar-refractivity contribution in [3.63, 3.8) is 0 Å². The van der Waals surface area contributed by atoms with E-state index in [1.807, 2.05) is 0 Å². The monoisotopic (exact) mass is 307 g/mol. The molecule has 0 spiro atoms. The van der Waals surface area contributed by atoms with Crippen LogP contribution in [0.3, 0.4) is 0 Å². The molecule has 2 N–H and O–H groups in total. The van der Waals surface area contributed by atoms with E-state index in [9.17, 15) is 13.6 Å². The van der Waals surface area contributed by atoms with Gasteiger partial charge in [0.1, 0.15) is 6.04 Å². The lowest BCUT2D eigenvalue weighted by Crippen LogP contribution is -2.31. The first-order chi connectivity index (χ1) is 10.5. The van der Waals surface area contributed by atoms with Gasteiger partial charge >= 0.3 is 0 Å². The van der Waals surface area contributed by atoms with Gasteiger partial charge in [-0.15, -0.1) is 0 Å². The number of halogens is 2. The predicted octanol–water partition coefficient (Wildman–Crippen LogP) is 2.81. The van der Waals surface area contributed by atoms with E-state index >= 15 is 0 Å². The Morgan fingerprint density at radius 3 is 2.50 bits per heavy atom. The van der Waals surface area contributed by atoms with Crippen LogP contribution in [-0.4, -0.2) is 24.0 Å². The maximum absolute atomic E-state index is 13.1. The fourth-order valence-corrected chi connectivity index (χ4v) is 1.73. The molecular weight excluding hydrogens is 292 g/mol. The lowest BCUT2D eigenvalue weighted by Gasteiger charge is -2.15. The molecule has 0 bridgehead atoms. The predicted molar refractivity (Wildman–Crippen MR) is 78.9 cm³/mol. The lowest BCUT2D eigenvalue weighted by molar-refractivity contribution is -0.116.